The second kappa shape index (κ2) is 7.57. The Morgan fingerprint density at radius 3 is 2.58 bits per heavy atom. The summed E-state index contributed by atoms with van der Waals surface area (Å²) >= 11 is 1.43. The molecule has 2 saturated heterocycles. The highest BCUT2D eigenvalue weighted by molar-refractivity contribution is 7.99. The number of thioether (sulfide) groups is 1. The van der Waals surface area contributed by atoms with Gasteiger partial charge in [0.15, 0.2) is 0 Å². The minimum absolute atomic E-state index is 0.0472. The zero-order valence-corrected chi connectivity index (χ0v) is 15.7. The molecule has 2 N–H and O–H groups in total. The number of nitrogens with zero attached hydrogens (tertiary/aromatic N) is 2. The normalized spacial score (nSPS) is 25.2. The highest BCUT2D eigenvalue weighted by Crippen LogP contribution is 2.43. The number of nitrogens with two attached hydrogens (primary N) is 1. The standard InChI is InChI=1S/C18H23N3O4S/c1-25-13-5-3-11(4-6-13)17-14(18(19)24)7-12-8-20(16(23)10-26-2)9-15(22)21(12)17/h3-6,12,14,17H,7-10H2,1-2H3,(H2,19,24)/t12-,14-,17-/m1/s1. The Morgan fingerprint density at radius 2 is 2.00 bits per heavy atom. The fourth-order valence-corrected chi connectivity index (χ4v) is 4.34. The average Bonchev–Trinajstić information content (AvgIpc) is 3.02. The summed E-state index contributed by atoms with van der Waals surface area (Å²) in [4.78, 5) is 40.4. The molecule has 0 aliphatic carbocycles. The van der Waals surface area contributed by atoms with Crippen molar-refractivity contribution in [3.05, 3.63) is 29.8 Å². The maximum absolute atomic E-state index is 12.8. The van der Waals surface area contributed by atoms with E-state index in [1.165, 1.54) is 11.8 Å². The first-order chi connectivity index (χ1) is 12.5. The number of benzene rings is 1. The Bertz CT molecular complexity index is 709. The quantitative estimate of drug-likeness (QED) is 0.813. The van der Waals surface area contributed by atoms with E-state index in [0.29, 0.717) is 24.5 Å². The van der Waals surface area contributed by atoms with Gasteiger partial charge in [0, 0.05) is 6.54 Å². The first-order valence-electron chi connectivity index (χ1n) is 8.47. The van der Waals surface area contributed by atoms with Crippen LogP contribution in [-0.4, -0.2) is 65.8 Å². The van der Waals surface area contributed by atoms with Crippen LogP contribution in [0.25, 0.3) is 0 Å². The summed E-state index contributed by atoms with van der Waals surface area (Å²) in [6.07, 6.45) is 2.33. The van der Waals surface area contributed by atoms with E-state index in [9.17, 15) is 14.4 Å². The van der Waals surface area contributed by atoms with Crippen LogP contribution in [0.1, 0.15) is 18.0 Å². The van der Waals surface area contributed by atoms with Crippen molar-refractivity contribution in [1.82, 2.24) is 9.80 Å². The van der Waals surface area contributed by atoms with Crippen molar-refractivity contribution >= 4 is 29.5 Å². The molecule has 8 heteroatoms. The number of carbonyl (C=O) groups is 3. The molecule has 0 aromatic heterocycles. The predicted molar refractivity (Wildman–Crippen MR) is 98.6 cm³/mol. The van der Waals surface area contributed by atoms with Crippen LogP contribution in [0.4, 0.5) is 0 Å². The van der Waals surface area contributed by atoms with Crippen LogP contribution in [-0.2, 0) is 14.4 Å². The van der Waals surface area contributed by atoms with E-state index in [-0.39, 0.29) is 24.4 Å². The van der Waals surface area contributed by atoms with Gasteiger partial charge in [-0.3, -0.25) is 14.4 Å². The third-order valence-corrected chi connectivity index (χ3v) is 5.62. The van der Waals surface area contributed by atoms with Crippen LogP contribution < -0.4 is 10.5 Å². The van der Waals surface area contributed by atoms with Crippen LogP contribution in [0.15, 0.2) is 24.3 Å². The van der Waals surface area contributed by atoms with E-state index in [2.05, 4.69) is 0 Å². The van der Waals surface area contributed by atoms with Crippen molar-refractivity contribution in [2.75, 3.05) is 32.2 Å². The number of rotatable bonds is 5. The number of carbonyl (C=O) groups excluding carboxylic acids is 3. The molecular formula is C18H23N3O4S. The summed E-state index contributed by atoms with van der Waals surface area (Å²) in [5.74, 6) is -0.0174. The van der Waals surface area contributed by atoms with Gasteiger partial charge in [-0.05, 0) is 30.4 Å². The lowest BCUT2D eigenvalue weighted by Crippen LogP contribution is -2.56. The molecule has 2 heterocycles. The SMILES string of the molecule is COc1ccc([C@@H]2[C@H](C(N)=O)C[C@@H]3CN(C(=O)CSC)CC(=O)N32)cc1. The molecule has 7 nitrogen and oxygen atoms in total. The lowest BCUT2D eigenvalue weighted by atomic mass is 9.92. The van der Waals surface area contributed by atoms with Gasteiger partial charge in [-0.2, -0.15) is 11.8 Å². The molecule has 0 radical (unpaired) electrons. The molecule has 0 saturated carbocycles. The average molecular weight is 377 g/mol. The number of fused-ring (bicyclic) bond motifs is 1. The molecule has 2 aliphatic heterocycles. The molecule has 0 unspecified atom stereocenters. The zero-order chi connectivity index (χ0) is 18.8. The number of hydrogen-bond acceptors (Lipinski definition) is 5. The molecule has 2 fully saturated rings. The van der Waals surface area contributed by atoms with Gasteiger partial charge in [-0.25, -0.2) is 0 Å². The minimum Gasteiger partial charge on any atom is -0.497 e. The monoisotopic (exact) mass is 377 g/mol. The number of hydrogen-bond donors (Lipinski definition) is 1. The largest absolute Gasteiger partial charge is 0.497 e. The lowest BCUT2D eigenvalue weighted by Gasteiger charge is -2.40. The van der Waals surface area contributed by atoms with Crippen LogP contribution in [0, 0.1) is 5.92 Å². The van der Waals surface area contributed by atoms with Crippen LogP contribution in [0.5, 0.6) is 5.75 Å². The first-order valence-corrected chi connectivity index (χ1v) is 9.86. The Balaban J connectivity index is 1.88. The molecule has 1 aromatic rings. The minimum atomic E-state index is -0.465. The van der Waals surface area contributed by atoms with Gasteiger partial charge in [0.2, 0.25) is 17.7 Å². The van der Waals surface area contributed by atoms with Crippen molar-refractivity contribution in [3.8, 4) is 5.75 Å². The number of ether oxygens (including phenoxy) is 1. The summed E-state index contributed by atoms with van der Waals surface area (Å²) in [5.41, 5.74) is 6.49. The van der Waals surface area contributed by atoms with Crippen LogP contribution >= 0.6 is 11.8 Å². The van der Waals surface area contributed by atoms with E-state index < -0.39 is 17.9 Å². The first kappa shape index (κ1) is 18.6. The Morgan fingerprint density at radius 1 is 1.31 bits per heavy atom. The van der Waals surface area contributed by atoms with E-state index in [4.69, 9.17) is 10.5 Å². The highest BCUT2D eigenvalue weighted by Gasteiger charge is 2.50. The summed E-state index contributed by atoms with van der Waals surface area (Å²) in [5, 5.41) is 0. The van der Waals surface area contributed by atoms with E-state index in [0.717, 1.165) is 5.56 Å². The van der Waals surface area contributed by atoms with Crippen LogP contribution in [0.3, 0.4) is 0 Å². The molecule has 2 aliphatic rings. The molecular weight excluding hydrogens is 354 g/mol. The number of methoxy groups -OCH3 is 1. The molecule has 3 amide bonds. The highest BCUT2D eigenvalue weighted by atomic mass is 32.2. The van der Waals surface area contributed by atoms with E-state index in [1.54, 1.807) is 16.9 Å². The Labute approximate surface area is 156 Å². The smallest absolute Gasteiger partial charge is 0.243 e. The van der Waals surface area contributed by atoms with Gasteiger partial charge in [-0.15, -0.1) is 0 Å². The maximum atomic E-state index is 12.8. The lowest BCUT2D eigenvalue weighted by molar-refractivity contribution is -0.148. The fraction of sp³-hybridized carbons (Fsp3) is 0.500. The fourth-order valence-electron chi connectivity index (χ4n) is 3.91. The molecule has 0 bridgehead atoms. The Hall–Kier alpha value is -2.22. The third-order valence-electron chi connectivity index (χ3n) is 5.09. The maximum Gasteiger partial charge on any atom is 0.243 e. The van der Waals surface area contributed by atoms with Gasteiger partial charge < -0.3 is 20.3 Å². The number of amides is 3. The summed E-state index contributed by atoms with van der Waals surface area (Å²) in [6.45, 7) is 0.496. The van der Waals surface area contributed by atoms with Crippen molar-refractivity contribution < 1.29 is 19.1 Å². The van der Waals surface area contributed by atoms with Crippen LogP contribution in [0.2, 0.25) is 0 Å². The number of primary amides is 1. The molecule has 140 valence electrons. The molecule has 3 atom stereocenters. The van der Waals surface area contributed by atoms with Gasteiger partial charge in [-0.1, -0.05) is 12.1 Å². The second-order valence-electron chi connectivity index (χ2n) is 6.62. The van der Waals surface area contributed by atoms with E-state index in [1.807, 2.05) is 30.5 Å². The van der Waals surface area contributed by atoms with Crippen molar-refractivity contribution in [3.63, 3.8) is 0 Å². The summed E-state index contributed by atoms with van der Waals surface area (Å²) < 4.78 is 5.18. The molecule has 0 spiro atoms. The van der Waals surface area contributed by atoms with Crippen molar-refractivity contribution in [1.29, 1.82) is 0 Å². The molecule has 3 rings (SSSR count). The van der Waals surface area contributed by atoms with Crippen molar-refractivity contribution in [2.45, 2.75) is 18.5 Å². The van der Waals surface area contributed by atoms with Crippen molar-refractivity contribution in [2.24, 2.45) is 11.7 Å². The zero-order valence-electron chi connectivity index (χ0n) is 14.9. The van der Waals surface area contributed by atoms with Gasteiger partial charge in [0.1, 0.15) is 5.75 Å². The number of piperazine rings is 1. The Kier molecular flexibility index (Phi) is 5.41. The summed E-state index contributed by atoms with van der Waals surface area (Å²) in [6, 6.07) is 6.76. The topological polar surface area (TPSA) is 92.9 Å². The van der Waals surface area contributed by atoms with Gasteiger partial charge >= 0.3 is 0 Å². The van der Waals surface area contributed by atoms with Gasteiger partial charge in [0.05, 0.1) is 37.4 Å². The van der Waals surface area contributed by atoms with Gasteiger partial charge in [0.25, 0.3) is 0 Å². The van der Waals surface area contributed by atoms with E-state index >= 15 is 0 Å². The predicted octanol–water partition coefficient (Wildman–Crippen LogP) is 0.644. The summed E-state index contributed by atoms with van der Waals surface area (Å²) in [7, 11) is 1.58. The third kappa shape index (κ3) is 3.38. The molecule has 26 heavy (non-hydrogen) atoms. The molecule has 1 aromatic carbocycles. The second-order valence-corrected chi connectivity index (χ2v) is 7.49.